The predicted octanol–water partition coefficient (Wildman–Crippen LogP) is 3.53. The number of thiazole rings is 1. The number of carbonyl (C=O) groups excluding carboxylic acids is 3. The molecule has 0 unspecified atom stereocenters. The summed E-state index contributed by atoms with van der Waals surface area (Å²) in [7, 11) is 0. The van der Waals surface area contributed by atoms with E-state index in [1.165, 1.54) is 21.8 Å². The smallest absolute Gasteiger partial charge is 0.261 e. The molecule has 7 heteroatoms. The van der Waals surface area contributed by atoms with Crippen LogP contribution in [0, 0.1) is 0 Å². The van der Waals surface area contributed by atoms with Crippen LogP contribution >= 0.6 is 11.3 Å². The maximum absolute atomic E-state index is 12.4. The zero-order valence-corrected chi connectivity index (χ0v) is 16.3. The van der Waals surface area contributed by atoms with Crippen molar-refractivity contribution in [3.05, 3.63) is 70.1 Å². The van der Waals surface area contributed by atoms with Crippen molar-refractivity contribution in [2.75, 3.05) is 11.9 Å². The number of nitrogens with one attached hydrogen (secondary N) is 1. The Bertz CT molecular complexity index is 1130. The zero-order valence-electron chi connectivity index (χ0n) is 15.5. The summed E-state index contributed by atoms with van der Waals surface area (Å²) in [6, 6.07) is 14.9. The number of fused-ring (bicyclic) bond motifs is 4. The van der Waals surface area contributed by atoms with Crippen molar-refractivity contribution in [3.8, 4) is 11.3 Å². The van der Waals surface area contributed by atoms with Gasteiger partial charge in [-0.25, -0.2) is 4.98 Å². The molecule has 1 aliphatic carbocycles. The van der Waals surface area contributed by atoms with Gasteiger partial charge in [0.05, 0.1) is 16.8 Å². The van der Waals surface area contributed by atoms with Crippen LogP contribution in [0.2, 0.25) is 0 Å². The molecular formula is C22H17N3O3S. The minimum absolute atomic E-state index is 0.0340. The van der Waals surface area contributed by atoms with Crippen LogP contribution in [0.5, 0.6) is 0 Å². The van der Waals surface area contributed by atoms with Gasteiger partial charge in [-0.1, -0.05) is 36.4 Å². The Labute approximate surface area is 171 Å². The van der Waals surface area contributed by atoms with Crippen LogP contribution in [0.15, 0.2) is 48.5 Å². The van der Waals surface area contributed by atoms with Crippen molar-refractivity contribution in [3.63, 3.8) is 0 Å². The Balaban J connectivity index is 1.26. The molecular weight excluding hydrogens is 386 g/mol. The fourth-order valence-electron chi connectivity index (χ4n) is 3.84. The van der Waals surface area contributed by atoms with Gasteiger partial charge in [-0.3, -0.25) is 19.3 Å². The highest BCUT2D eigenvalue weighted by atomic mass is 32.1. The minimum Gasteiger partial charge on any atom is -0.302 e. The summed E-state index contributed by atoms with van der Waals surface area (Å²) in [5.41, 5.74) is 4.12. The monoisotopic (exact) mass is 403 g/mol. The summed E-state index contributed by atoms with van der Waals surface area (Å²) in [5.74, 6) is -0.958. The fraction of sp³-hybridized carbons (Fsp3) is 0.182. The van der Waals surface area contributed by atoms with Crippen molar-refractivity contribution in [1.29, 1.82) is 0 Å². The minimum atomic E-state index is -0.347. The Kier molecular flexibility index (Phi) is 4.24. The van der Waals surface area contributed by atoms with Crippen LogP contribution in [-0.4, -0.2) is 34.2 Å². The Hall–Kier alpha value is -3.32. The van der Waals surface area contributed by atoms with E-state index in [4.69, 9.17) is 0 Å². The average molecular weight is 403 g/mol. The third kappa shape index (κ3) is 3.03. The fourth-order valence-corrected chi connectivity index (χ4v) is 4.83. The molecule has 3 amide bonds. The first kappa shape index (κ1) is 17.8. The molecule has 0 spiro atoms. The van der Waals surface area contributed by atoms with Crippen LogP contribution in [0.1, 0.15) is 37.6 Å². The van der Waals surface area contributed by atoms with E-state index in [9.17, 15) is 14.4 Å². The normalized spacial score (nSPS) is 14.4. The highest BCUT2D eigenvalue weighted by Crippen LogP contribution is 2.38. The van der Waals surface area contributed by atoms with Gasteiger partial charge in [0, 0.05) is 23.4 Å². The third-order valence-electron chi connectivity index (χ3n) is 5.28. The standard InChI is InChI=1S/C22H17N3O3S/c26-18(11-12-25-20(27)15-7-3-4-8-16(15)21(25)28)23-22-24-19-14-6-2-1-5-13(14)9-10-17(19)29-22/h1-8H,9-12H2,(H,23,24,26). The molecule has 6 nitrogen and oxygen atoms in total. The highest BCUT2D eigenvalue weighted by molar-refractivity contribution is 7.16. The highest BCUT2D eigenvalue weighted by Gasteiger charge is 2.35. The van der Waals surface area contributed by atoms with Crippen LogP contribution in [-0.2, 0) is 17.6 Å². The number of hydrogen-bond acceptors (Lipinski definition) is 5. The van der Waals surface area contributed by atoms with Crippen molar-refractivity contribution >= 4 is 34.2 Å². The van der Waals surface area contributed by atoms with E-state index in [0.717, 1.165) is 29.0 Å². The topological polar surface area (TPSA) is 79.4 Å². The lowest BCUT2D eigenvalue weighted by Crippen LogP contribution is -2.32. The van der Waals surface area contributed by atoms with Crippen molar-refractivity contribution in [2.45, 2.75) is 19.3 Å². The second-order valence-electron chi connectivity index (χ2n) is 7.05. The van der Waals surface area contributed by atoms with E-state index in [1.807, 2.05) is 12.1 Å². The molecule has 144 valence electrons. The molecule has 2 aliphatic rings. The first-order valence-corrected chi connectivity index (χ1v) is 10.3. The van der Waals surface area contributed by atoms with Gasteiger partial charge in [-0.15, -0.1) is 11.3 Å². The average Bonchev–Trinajstić information content (AvgIpc) is 3.26. The molecule has 1 aliphatic heterocycles. The molecule has 2 heterocycles. The number of benzene rings is 2. The molecule has 2 aromatic carbocycles. The number of carbonyl (C=O) groups is 3. The Morgan fingerprint density at radius 1 is 0.966 bits per heavy atom. The second kappa shape index (κ2) is 6.93. The van der Waals surface area contributed by atoms with E-state index in [0.29, 0.717) is 16.3 Å². The van der Waals surface area contributed by atoms with E-state index in [2.05, 4.69) is 22.4 Å². The molecule has 0 saturated heterocycles. The van der Waals surface area contributed by atoms with Gasteiger partial charge in [-0.2, -0.15) is 0 Å². The maximum atomic E-state index is 12.4. The lowest BCUT2D eigenvalue weighted by atomic mass is 9.94. The van der Waals surface area contributed by atoms with E-state index >= 15 is 0 Å². The maximum Gasteiger partial charge on any atom is 0.261 e. The number of hydrogen-bond donors (Lipinski definition) is 1. The Morgan fingerprint density at radius 3 is 2.34 bits per heavy atom. The number of aromatic nitrogens is 1. The van der Waals surface area contributed by atoms with Crippen molar-refractivity contribution in [2.24, 2.45) is 0 Å². The largest absolute Gasteiger partial charge is 0.302 e. The molecule has 0 atom stereocenters. The van der Waals surface area contributed by atoms with E-state index in [-0.39, 0.29) is 30.7 Å². The third-order valence-corrected chi connectivity index (χ3v) is 6.31. The Morgan fingerprint density at radius 2 is 1.62 bits per heavy atom. The zero-order chi connectivity index (χ0) is 20.0. The van der Waals surface area contributed by atoms with Crippen LogP contribution in [0.25, 0.3) is 11.3 Å². The molecule has 0 saturated carbocycles. The van der Waals surface area contributed by atoms with Crippen LogP contribution in [0.4, 0.5) is 5.13 Å². The number of rotatable bonds is 4. The number of nitrogens with zero attached hydrogens (tertiary/aromatic N) is 2. The lowest BCUT2D eigenvalue weighted by molar-refractivity contribution is -0.116. The summed E-state index contributed by atoms with van der Waals surface area (Å²) in [4.78, 5) is 44.1. The van der Waals surface area contributed by atoms with Gasteiger partial charge in [0.2, 0.25) is 5.91 Å². The number of aryl methyl sites for hydroxylation is 2. The second-order valence-corrected chi connectivity index (χ2v) is 8.14. The molecule has 29 heavy (non-hydrogen) atoms. The first-order valence-electron chi connectivity index (χ1n) is 9.45. The molecule has 1 aromatic heterocycles. The summed E-state index contributed by atoms with van der Waals surface area (Å²) < 4.78 is 0. The molecule has 3 aromatic rings. The number of anilines is 1. The number of amides is 3. The van der Waals surface area contributed by atoms with E-state index < -0.39 is 0 Å². The molecule has 0 radical (unpaired) electrons. The SMILES string of the molecule is O=C(CCN1C(=O)c2ccccc2C1=O)Nc1nc2c(s1)CCc1ccccc1-2. The first-order chi connectivity index (χ1) is 14.1. The quantitative estimate of drug-likeness (QED) is 0.676. The summed E-state index contributed by atoms with van der Waals surface area (Å²) in [6.45, 7) is 0.0477. The number of imide groups is 1. The summed E-state index contributed by atoms with van der Waals surface area (Å²) in [5, 5.41) is 3.38. The predicted molar refractivity (Wildman–Crippen MR) is 110 cm³/mol. The van der Waals surface area contributed by atoms with Gasteiger partial charge < -0.3 is 5.32 Å². The lowest BCUT2D eigenvalue weighted by Gasteiger charge is -2.13. The van der Waals surface area contributed by atoms with Crippen molar-refractivity contribution < 1.29 is 14.4 Å². The van der Waals surface area contributed by atoms with Gasteiger partial charge in [0.15, 0.2) is 5.13 Å². The van der Waals surface area contributed by atoms with Crippen LogP contribution < -0.4 is 5.32 Å². The molecule has 0 fully saturated rings. The van der Waals surface area contributed by atoms with Gasteiger partial charge in [0.25, 0.3) is 11.8 Å². The van der Waals surface area contributed by atoms with Crippen molar-refractivity contribution in [1.82, 2.24) is 9.88 Å². The van der Waals surface area contributed by atoms with Gasteiger partial charge in [0.1, 0.15) is 0 Å². The molecule has 5 rings (SSSR count). The van der Waals surface area contributed by atoms with E-state index in [1.54, 1.807) is 24.3 Å². The molecule has 1 N–H and O–H groups in total. The van der Waals surface area contributed by atoms with Gasteiger partial charge in [-0.05, 0) is 30.5 Å². The van der Waals surface area contributed by atoms with Gasteiger partial charge >= 0.3 is 0 Å². The van der Waals surface area contributed by atoms with Crippen LogP contribution in [0.3, 0.4) is 0 Å². The molecule has 0 bridgehead atoms. The summed E-state index contributed by atoms with van der Waals surface area (Å²) >= 11 is 1.49. The summed E-state index contributed by atoms with van der Waals surface area (Å²) in [6.07, 6.45) is 1.92.